The lowest BCUT2D eigenvalue weighted by molar-refractivity contribution is 1.03. The van der Waals surface area contributed by atoms with Gasteiger partial charge in [0.05, 0.1) is 0 Å². The van der Waals surface area contributed by atoms with Gasteiger partial charge in [-0.3, -0.25) is 0 Å². The number of rotatable bonds is 2. The average molecular weight is 181 g/mol. The van der Waals surface area contributed by atoms with Crippen LogP contribution in [0.5, 0.6) is 0 Å². The van der Waals surface area contributed by atoms with Crippen molar-refractivity contribution >= 4 is 11.8 Å². The van der Waals surface area contributed by atoms with Gasteiger partial charge in [-0.05, 0) is 48.9 Å². The molecule has 1 aromatic rings. The Labute approximate surface area is 78.4 Å². The summed E-state index contributed by atoms with van der Waals surface area (Å²) >= 11 is 1.77. The van der Waals surface area contributed by atoms with Gasteiger partial charge in [0.15, 0.2) is 0 Å². The molecule has 1 nitrogen and oxygen atoms in total. The van der Waals surface area contributed by atoms with Crippen molar-refractivity contribution in [3.05, 3.63) is 28.8 Å². The molecule has 0 aromatic heterocycles. The molecule has 0 spiro atoms. The van der Waals surface area contributed by atoms with Crippen molar-refractivity contribution in [3.63, 3.8) is 0 Å². The Balaban J connectivity index is 3.19. The first-order chi connectivity index (χ1) is 5.69. The maximum absolute atomic E-state index is 5.63. The fourth-order valence-electron chi connectivity index (χ4n) is 1.23. The van der Waals surface area contributed by atoms with Gasteiger partial charge in [0.2, 0.25) is 0 Å². The summed E-state index contributed by atoms with van der Waals surface area (Å²) < 4.78 is 0. The third-order valence-corrected chi connectivity index (χ3v) is 2.91. The monoisotopic (exact) mass is 181 g/mol. The van der Waals surface area contributed by atoms with Crippen LogP contribution >= 0.6 is 11.8 Å². The topological polar surface area (TPSA) is 26.0 Å². The fourth-order valence-corrected chi connectivity index (χ4v) is 1.78. The summed E-state index contributed by atoms with van der Waals surface area (Å²) in [4.78, 5) is 1.30. The Kier molecular flexibility index (Phi) is 3.18. The lowest BCUT2D eigenvalue weighted by Gasteiger charge is -2.08. The fraction of sp³-hybridized carbons (Fsp3) is 0.400. The van der Waals surface area contributed by atoms with Gasteiger partial charge in [0.25, 0.3) is 0 Å². The minimum Gasteiger partial charge on any atom is -0.326 e. The van der Waals surface area contributed by atoms with Crippen LogP contribution < -0.4 is 5.73 Å². The van der Waals surface area contributed by atoms with Gasteiger partial charge in [0.1, 0.15) is 0 Å². The average Bonchev–Trinajstić information content (AvgIpc) is 2.09. The van der Waals surface area contributed by atoms with Crippen molar-refractivity contribution in [2.24, 2.45) is 5.73 Å². The van der Waals surface area contributed by atoms with Crippen LogP contribution in [0, 0.1) is 13.8 Å². The third-order valence-electron chi connectivity index (χ3n) is 2.20. The summed E-state index contributed by atoms with van der Waals surface area (Å²) in [6, 6.07) is 4.38. The summed E-state index contributed by atoms with van der Waals surface area (Å²) in [5.74, 6) is 0. The zero-order valence-corrected chi connectivity index (χ0v) is 8.66. The van der Waals surface area contributed by atoms with Gasteiger partial charge in [-0.15, -0.1) is 11.8 Å². The summed E-state index contributed by atoms with van der Waals surface area (Å²) in [7, 11) is 0. The van der Waals surface area contributed by atoms with Gasteiger partial charge < -0.3 is 5.73 Å². The third kappa shape index (κ3) is 1.82. The highest BCUT2D eigenvalue weighted by Gasteiger charge is 2.01. The molecule has 0 unspecified atom stereocenters. The molecule has 0 amide bonds. The molecule has 2 N–H and O–H groups in total. The molecule has 0 aliphatic carbocycles. The van der Waals surface area contributed by atoms with Gasteiger partial charge in [-0.25, -0.2) is 0 Å². The SMILES string of the molecule is CSc1cc(C)c(C)c(CN)c1. The second-order valence-electron chi connectivity index (χ2n) is 2.93. The van der Waals surface area contributed by atoms with Crippen molar-refractivity contribution in [2.75, 3.05) is 6.26 Å². The normalized spacial score (nSPS) is 10.3. The van der Waals surface area contributed by atoms with Gasteiger partial charge in [-0.2, -0.15) is 0 Å². The number of aryl methyl sites for hydroxylation is 1. The van der Waals surface area contributed by atoms with E-state index < -0.39 is 0 Å². The Bertz CT molecular complexity index is 281. The Morgan fingerprint density at radius 2 is 2.00 bits per heavy atom. The van der Waals surface area contributed by atoms with Gasteiger partial charge in [-0.1, -0.05) is 0 Å². The van der Waals surface area contributed by atoms with E-state index in [1.807, 2.05) is 0 Å². The maximum atomic E-state index is 5.63. The van der Waals surface area contributed by atoms with Crippen molar-refractivity contribution in [1.82, 2.24) is 0 Å². The first kappa shape index (κ1) is 9.62. The largest absolute Gasteiger partial charge is 0.326 e. The molecule has 0 atom stereocenters. The van der Waals surface area contributed by atoms with Crippen LogP contribution in [0.4, 0.5) is 0 Å². The number of hydrogen-bond donors (Lipinski definition) is 1. The first-order valence-corrected chi connectivity index (χ1v) is 5.25. The molecule has 0 fully saturated rings. The number of nitrogens with two attached hydrogens (primary N) is 1. The Morgan fingerprint density at radius 3 is 2.50 bits per heavy atom. The van der Waals surface area contributed by atoms with E-state index in [9.17, 15) is 0 Å². The Hall–Kier alpha value is -0.470. The molecular weight excluding hydrogens is 166 g/mol. The molecule has 1 rings (SSSR count). The van der Waals surface area contributed by atoms with Crippen LogP contribution in [0.25, 0.3) is 0 Å². The quantitative estimate of drug-likeness (QED) is 0.709. The summed E-state index contributed by atoms with van der Waals surface area (Å²) in [5, 5.41) is 0. The second kappa shape index (κ2) is 3.97. The number of thioether (sulfide) groups is 1. The van der Waals surface area contributed by atoms with Crippen LogP contribution in [0.3, 0.4) is 0 Å². The van der Waals surface area contributed by atoms with E-state index in [-0.39, 0.29) is 0 Å². The standard InChI is InChI=1S/C10H15NS/c1-7-4-10(12-3)5-9(6-11)8(7)2/h4-5H,6,11H2,1-3H3. The number of hydrogen-bond acceptors (Lipinski definition) is 2. The second-order valence-corrected chi connectivity index (χ2v) is 3.81. The van der Waals surface area contributed by atoms with Crippen molar-refractivity contribution in [3.8, 4) is 0 Å². The van der Waals surface area contributed by atoms with E-state index in [1.54, 1.807) is 11.8 Å². The summed E-state index contributed by atoms with van der Waals surface area (Å²) in [6.45, 7) is 4.90. The summed E-state index contributed by atoms with van der Waals surface area (Å²) in [5.41, 5.74) is 9.56. The smallest absolute Gasteiger partial charge is 0.0181 e. The van der Waals surface area contributed by atoms with E-state index in [1.165, 1.54) is 21.6 Å². The van der Waals surface area contributed by atoms with Crippen LogP contribution in [-0.4, -0.2) is 6.26 Å². The van der Waals surface area contributed by atoms with Crippen molar-refractivity contribution in [2.45, 2.75) is 25.3 Å². The minimum absolute atomic E-state index is 0.640. The van der Waals surface area contributed by atoms with E-state index in [0.717, 1.165) is 0 Å². The predicted octanol–water partition coefficient (Wildman–Crippen LogP) is 2.48. The summed E-state index contributed by atoms with van der Waals surface area (Å²) in [6.07, 6.45) is 2.09. The zero-order chi connectivity index (χ0) is 9.14. The maximum Gasteiger partial charge on any atom is 0.0181 e. The van der Waals surface area contributed by atoms with Gasteiger partial charge >= 0.3 is 0 Å². The lowest BCUT2D eigenvalue weighted by Crippen LogP contribution is -2.00. The van der Waals surface area contributed by atoms with Crippen molar-refractivity contribution in [1.29, 1.82) is 0 Å². The molecule has 12 heavy (non-hydrogen) atoms. The van der Waals surface area contributed by atoms with Crippen LogP contribution in [0.15, 0.2) is 17.0 Å². The van der Waals surface area contributed by atoms with E-state index in [0.29, 0.717) is 6.54 Å². The predicted molar refractivity (Wildman–Crippen MR) is 55.6 cm³/mol. The molecule has 0 aliphatic rings. The van der Waals surface area contributed by atoms with E-state index in [2.05, 4.69) is 32.2 Å². The molecule has 2 heteroatoms. The first-order valence-electron chi connectivity index (χ1n) is 4.03. The molecule has 0 heterocycles. The highest BCUT2D eigenvalue weighted by atomic mass is 32.2. The van der Waals surface area contributed by atoms with Gasteiger partial charge in [0, 0.05) is 11.4 Å². The van der Waals surface area contributed by atoms with E-state index in [4.69, 9.17) is 5.73 Å². The highest BCUT2D eigenvalue weighted by molar-refractivity contribution is 7.98. The van der Waals surface area contributed by atoms with Crippen LogP contribution in [0.1, 0.15) is 16.7 Å². The minimum atomic E-state index is 0.640. The zero-order valence-electron chi connectivity index (χ0n) is 7.85. The molecule has 0 radical (unpaired) electrons. The molecule has 0 aliphatic heterocycles. The highest BCUT2D eigenvalue weighted by Crippen LogP contribution is 2.22. The molecule has 0 bridgehead atoms. The van der Waals surface area contributed by atoms with Crippen LogP contribution in [0.2, 0.25) is 0 Å². The Morgan fingerprint density at radius 1 is 1.33 bits per heavy atom. The lowest BCUT2D eigenvalue weighted by atomic mass is 10.0. The van der Waals surface area contributed by atoms with Crippen LogP contribution in [-0.2, 0) is 6.54 Å². The molecule has 66 valence electrons. The van der Waals surface area contributed by atoms with Crippen molar-refractivity contribution < 1.29 is 0 Å². The molecule has 0 saturated heterocycles. The molecular formula is C10H15NS. The number of benzene rings is 1. The van der Waals surface area contributed by atoms with E-state index >= 15 is 0 Å². The molecule has 0 saturated carbocycles. The molecule has 1 aromatic carbocycles.